The number of halogens is 1. The van der Waals surface area contributed by atoms with E-state index in [4.69, 9.17) is 5.73 Å². The third-order valence-corrected chi connectivity index (χ3v) is 2.87. The molecule has 0 heterocycles. The van der Waals surface area contributed by atoms with Crippen molar-refractivity contribution < 1.29 is 4.39 Å². The summed E-state index contributed by atoms with van der Waals surface area (Å²) in [6.07, 6.45) is 0. The van der Waals surface area contributed by atoms with Crippen LogP contribution in [0.5, 0.6) is 0 Å². The minimum absolute atomic E-state index is 0.240. The molecule has 2 aromatic rings. The molecule has 0 radical (unpaired) electrons. The fourth-order valence-corrected chi connectivity index (χ4v) is 1.82. The van der Waals surface area contributed by atoms with E-state index < -0.39 is 0 Å². The maximum atomic E-state index is 13.5. The first-order valence-corrected chi connectivity index (χ1v) is 5.70. The van der Waals surface area contributed by atoms with Gasteiger partial charge in [0.25, 0.3) is 0 Å². The zero-order valence-corrected chi connectivity index (χ0v) is 10.1. The predicted octanol–water partition coefficient (Wildman–Crippen LogP) is 3.82. The van der Waals surface area contributed by atoms with E-state index in [1.54, 1.807) is 13.0 Å². The Morgan fingerprint density at radius 1 is 1.00 bits per heavy atom. The highest BCUT2D eigenvalue weighted by molar-refractivity contribution is 5.64. The van der Waals surface area contributed by atoms with Gasteiger partial charge in [-0.15, -0.1) is 0 Å². The third kappa shape index (κ3) is 2.53. The van der Waals surface area contributed by atoms with Crippen LogP contribution in [-0.4, -0.2) is 0 Å². The zero-order chi connectivity index (χ0) is 12.4. The Kier molecular flexibility index (Phi) is 3.25. The van der Waals surface area contributed by atoms with Gasteiger partial charge in [-0.2, -0.15) is 0 Å². The first kappa shape index (κ1) is 11.8. The van der Waals surface area contributed by atoms with E-state index in [0.717, 1.165) is 11.1 Å². The van der Waals surface area contributed by atoms with Gasteiger partial charge in [-0.25, -0.2) is 4.39 Å². The molecule has 2 aromatic carbocycles. The summed E-state index contributed by atoms with van der Waals surface area (Å²) in [6, 6.07) is 13.0. The van der Waals surface area contributed by atoms with Crippen LogP contribution in [0.3, 0.4) is 0 Å². The van der Waals surface area contributed by atoms with E-state index in [0.29, 0.717) is 5.56 Å². The summed E-state index contributed by atoms with van der Waals surface area (Å²) < 4.78 is 13.5. The highest BCUT2D eigenvalue weighted by Crippen LogP contribution is 2.24. The lowest BCUT2D eigenvalue weighted by Crippen LogP contribution is -2.07. The molecular formula is C15H16FN. The van der Waals surface area contributed by atoms with Crippen LogP contribution in [0, 0.1) is 12.7 Å². The standard InChI is InChI=1S/C15H16FN/c1-10-3-5-12(6-4-10)13-7-8-15(16)14(9-13)11(2)17/h3-9,11H,17H2,1-2H3. The molecule has 1 unspecified atom stereocenters. The Morgan fingerprint density at radius 2 is 1.59 bits per heavy atom. The van der Waals surface area contributed by atoms with Gasteiger partial charge >= 0.3 is 0 Å². The van der Waals surface area contributed by atoms with Crippen LogP contribution in [0.25, 0.3) is 11.1 Å². The fraction of sp³-hybridized carbons (Fsp3) is 0.200. The number of hydrogen-bond donors (Lipinski definition) is 1. The van der Waals surface area contributed by atoms with Crippen molar-refractivity contribution in [2.24, 2.45) is 5.73 Å². The van der Waals surface area contributed by atoms with Crippen LogP contribution in [0.1, 0.15) is 24.1 Å². The van der Waals surface area contributed by atoms with Gasteiger partial charge in [0.05, 0.1) is 0 Å². The first-order chi connectivity index (χ1) is 8.08. The summed E-state index contributed by atoms with van der Waals surface area (Å²) in [4.78, 5) is 0. The van der Waals surface area contributed by atoms with E-state index in [1.165, 1.54) is 11.6 Å². The summed E-state index contributed by atoms with van der Waals surface area (Å²) in [5.41, 5.74) is 9.60. The van der Waals surface area contributed by atoms with Gasteiger partial charge < -0.3 is 5.73 Å². The van der Waals surface area contributed by atoms with E-state index >= 15 is 0 Å². The normalized spacial score (nSPS) is 12.5. The molecule has 2 rings (SSSR count). The molecule has 1 nitrogen and oxygen atoms in total. The first-order valence-electron chi connectivity index (χ1n) is 5.70. The SMILES string of the molecule is Cc1ccc(-c2ccc(F)c(C(C)N)c2)cc1. The van der Waals surface area contributed by atoms with Crippen LogP contribution < -0.4 is 5.73 Å². The molecule has 0 aliphatic rings. The molecule has 0 fully saturated rings. The van der Waals surface area contributed by atoms with E-state index in [2.05, 4.69) is 0 Å². The van der Waals surface area contributed by atoms with Gasteiger partial charge in [-0.1, -0.05) is 35.9 Å². The number of rotatable bonds is 2. The lowest BCUT2D eigenvalue weighted by Gasteiger charge is -2.10. The smallest absolute Gasteiger partial charge is 0.128 e. The van der Waals surface area contributed by atoms with E-state index in [9.17, 15) is 4.39 Å². The van der Waals surface area contributed by atoms with Crippen molar-refractivity contribution in [3.63, 3.8) is 0 Å². The van der Waals surface area contributed by atoms with Crippen molar-refractivity contribution in [1.82, 2.24) is 0 Å². The molecule has 17 heavy (non-hydrogen) atoms. The molecule has 0 spiro atoms. The molecule has 0 saturated heterocycles. The molecule has 0 aliphatic carbocycles. The average molecular weight is 229 g/mol. The van der Waals surface area contributed by atoms with Gasteiger partial charge in [0.2, 0.25) is 0 Å². The number of nitrogens with two attached hydrogens (primary N) is 1. The van der Waals surface area contributed by atoms with E-state index in [-0.39, 0.29) is 11.9 Å². The second-order valence-electron chi connectivity index (χ2n) is 4.39. The number of benzene rings is 2. The monoisotopic (exact) mass is 229 g/mol. The van der Waals surface area contributed by atoms with Crippen LogP contribution >= 0.6 is 0 Å². The highest BCUT2D eigenvalue weighted by Gasteiger charge is 2.08. The van der Waals surface area contributed by atoms with E-state index in [1.807, 2.05) is 37.3 Å². The minimum Gasteiger partial charge on any atom is -0.324 e. The molecular weight excluding hydrogens is 213 g/mol. The van der Waals surface area contributed by atoms with Gasteiger partial charge in [-0.05, 0) is 37.1 Å². The Bertz CT molecular complexity index is 515. The van der Waals surface area contributed by atoms with Crippen molar-refractivity contribution in [2.45, 2.75) is 19.9 Å². The quantitative estimate of drug-likeness (QED) is 0.832. The van der Waals surface area contributed by atoms with Gasteiger partial charge in [0.15, 0.2) is 0 Å². The van der Waals surface area contributed by atoms with Crippen molar-refractivity contribution >= 4 is 0 Å². The van der Waals surface area contributed by atoms with Crippen molar-refractivity contribution in [2.75, 3.05) is 0 Å². The molecule has 0 bridgehead atoms. The summed E-state index contributed by atoms with van der Waals surface area (Å²) in [5, 5.41) is 0. The van der Waals surface area contributed by atoms with Gasteiger partial charge in [0, 0.05) is 11.6 Å². The molecule has 0 amide bonds. The number of hydrogen-bond acceptors (Lipinski definition) is 1. The summed E-state index contributed by atoms with van der Waals surface area (Å²) in [5.74, 6) is -0.240. The molecule has 0 saturated carbocycles. The molecule has 0 aromatic heterocycles. The predicted molar refractivity (Wildman–Crippen MR) is 69.2 cm³/mol. The van der Waals surface area contributed by atoms with Crippen molar-refractivity contribution in [1.29, 1.82) is 0 Å². The highest BCUT2D eigenvalue weighted by atomic mass is 19.1. The minimum atomic E-state index is -0.291. The maximum Gasteiger partial charge on any atom is 0.128 e. The third-order valence-electron chi connectivity index (χ3n) is 2.87. The molecule has 0 aliphatic heterocycles. The second kappa shape index (κ2) is 4.68. The average Bonchev–Trinajstić information content (AvgIpc) is 2.30. The van der Waals surface area contributed by atoms with Gasteiger partial charge in [-0.3, -0.25) is 0 Å². The lowest BCUT2D eigenvalue weighted by molar-refractivity contribution is 0.594. The van der Waals surface area contributed by atoms with Crippen molar-refractivity contribution in [3.8, 4) is 11.1 Å². The maximum absolute atomic E-state index is 13.5. The summed E-state index contributed by atoms with van der Waals surface area (Å²) in [7, 11) is 0. The van der Waals surface area contributed by atoms with Crippen LogP contribution in [-0.2, 0) is 0 Å². The zero-order valence-electron chi connectivity index (χ0n) is 10.1. The number of aryl methyl sites for hydroxylation is 1. The fourth-order valence-electron chi connectivity index (χ4n) is 1.82. The summed E-state index contributed by atoms with van der Waals surface area (Å²) >= 11 is 0. The molecule has 88 valence electrons. The molecule has 2 N–H and O–H groups in total. The Balaban J connectivity index is 2.46. The Hall–Kier alpha value is -1.67. The van der Waals surface area contributed by atoms with Crippen LogP contribution in [0.4, 0.5) is 4.39 Å². The Morgan fingerprint density at radius 3 is 2.18 bits per heavy atom. The lowest BCUT2D eigenvalue weighted by atomic mass is 9.99. The van der Waals surface area contributed by atoms with Crippen LogP contribution in [0.2, 0.25) is 0 Å². The van der Waals surface area contributed by atoms with Crippen molar-refractivity contribution in [3.05, 3.63) is 59.4 Å². The Labute approximate surface area is 101 Å². The molecule has 1 atom stereocenters. The largest absolute Gasteiger partial charge is 0.324 e. The second-order valence-corrected chi connectivity index (χ2v) is 4.39. The van der Waals surface area contributed by atoms with Gasteiger partial charge in [0.1, 0.15) is 5.82 Å². The summed E-state index contributed by atoms with van der Waals surface area (Å²) in [6.45, 7) is 3.83. The van der Waals surface area contributed by atoms with Crippen LogP contribution in [0.15, 0.2) is 42.5 Å². The topological polar surface area (TPSA) is 26.0 Å². The molecule has 2 heteroatoms.